The number of carbonyl (C=O) groups excluding carboxylic acids is 1. The third-order valence-corrected chi connectivity index (χ3v) is 2.00. The molecule has 0 spiro atoms. The predicted octanol–water partition coefficient (Wildman–Crippen LogP) is 1.12. The van der Waals surface area contributed by atoms with Gasteiger partial charge in [0.05, 0.1) is 6.04 Å². The maximum Gasteiger partial charge on any atom is 0.235 e. The van der Waals surface area contributed by atoms with Crippen LogP contribution in [0.15, 0.2) is 10.9 Å². The molecule has 0 saturated carbocycles. The standard InChI is InChI=1S/C8H12ClN3O2/c1-5(2)7(11-6(13)3-9)8-10-4-14-12-8/h4-5,7H,3H2,1-2H3,(H,11,13). The molecule has 1 atom stereocenters. The predicted molar refractivity (Wildman–Crippen MR) is 50.7 cm³/mol. The second kappa shape index (κ2) is 4.95. The second-order valence-electron chi connectivity index (χ2n) is 3.21. The first-order chi connectivity index (χ1) is 6.65. The molecule has 1 unspecified atom stereocenters. The van der Waals surface area contributed by atoms with E-state index >= 15 is 0 Å². The lowest BCUT2D eigenvalue weighted by atomic mass is 10.0. The van der Waals surface area contributed by atoms with Crippen molar-refractivity contribution in [1.82, 2.24) is 15.5 Å². The molecule has 1 amide bonds. The molecular formula is C8H12ClN3O2. The van der Waals surface area contributed by atoms with Gasteiger partial charge in [0.15, 0.2) is 5.82 Å². The monoisotopic (exact) mass is 217 g/mol. The van der Waals surface area contributed by atoms with Crippen LogP contribution in [0.1, 0.15) is 25.7 Å². The average Bonchev–Trinajstić information content (AvgIpc) is 2.65. The van der Waals surface area contributed by atoms with Gasteiger partial charge in [-0.05, 0) is 5.92 Å². The Morgan fingerprint density at radius 3 is 2.86 bits per heavy atom. The second-order valence-corrected chi connectivity index (χ2v) is 3.48. The summed E-state index contributed by atoms with van der Waals surface area (Å²) in [6, 6.07) is -0.250. The number of nitrogens with one attached hydrogen (secondary N) is 1. The zero-order chi connectivity index (χ0) is 10.6. The van der Waals surface area contributed by atoms with E-state index in [1.165, 1.54) is 6.39 Å². The molecule has 1 N–H and O–H groups in total. The van der Waals surface area contributed by atoms with E-state index in [0.717, 1.165) is 0 Å². The maximum absolute atomic E-state index is 11.1. The fraction of sp³-hybridized carbons (Fsp3) is 0.625. The summed E-state index contributed by atoms with van der Waals surface area (Å²) < 4.78 is 4.62. The summed E-state index contributed by atoms with van der Waals surface area (Å²) in [5.74, 6) is 0.342. The Morgan fingerprint density at radius 1 is 1.71 bits per heavy atom. The van der Waals surface area contributed by atoms with Crippen LogP contribution in [0.3, 0.4) is 0 Å². The van der Waals surface area contributed by atoms with Crippen LogP contribution >= 0.6 is 11.6 Å². The zero-order valence-corrected chi connectivity index (χ0v) is 8.78. The third kappa shape index (κ3) is 2.70. The van der Waals surface area contributed by atoms with Crippen LogP contribution in [0, 0.1) is 5.92 Å². The van der Waals surface area contributed by atoms with Crippen molar-refractivity contribution in [2.75, 3.05) is 5.88 Å². The Morgan fingerprint density at radius 2 is 2.43 bits per heavy atom. The number of aromatic nitrogens is 2. The highest BCUT2D eigenvalue weighted by molar-refractivity contribution is 6.27. The number of halogens is 1. The zero-order valence-electron chi connectivity index (χ0n) is 8.03. The number of rotatable bonds is 4. The lowest BCUT2D eigenvalue weighted by Gasteiger charge is -2.17. The van der Waals surface area contributed by atoms with E-state index in [1.807, 2.05) is 13.8 Å². The first kappa shape index (κ1) is 11.0. The molecule has 1 rings (SSSR count). The van der Waals surface area contributed by atoms with Crippen LogP contribution in [0.25, 0.3) is 0 Å². The first-order valence-electron chi connectivity index (χ1n) is 4.26. The molecule has 6 heteroatoms. The molecule has 0 saturated heterocycles. The van der Waals surface area contributed by atoms with Crippen molar-refractivity contribution in [3.8, 4) is 0 Å². The molecule has 0 aliphatic heterocycles. The van der Waals surface area contributed by atoms with Crippen molar-refractivity contribution >= 4 is 17.5 Å². The smallest absolute Gasteiger partial charge is 0.235 e. The summed E-state index contributed by atoms with van der Waals surface area (Å²) in [5.41, 5.74) is 0. The van der Waals surface area contributed by atoms with Crippen molar-refractivity contribution in [2.45, 2.75) is 19.9 Å². The highest BCUT2D eigenvalue weighted by Crippen LogP contribution is 2.17. The Bertz CT molecular complexity index is 287. The molecule has 5 nitrogen and oxygen atoms in total. The summed E-state index contributed by atoms with van der Waals surface area (Å²) >= 11 is 5.39. The minimum atomic E-state index is -0.250. The van der Waals surface area contributed by atoms with Gasteiger partial charge in [-0.3, -0.25) is 4.79 Å². The summed E-state index contributed by atoms with van der Waals surface area (Å²) in [6.07, 6.45) is 1.23. The van der Waals surface area contributed by atoms with Gasteiger partial charge in [-0.1, -0.05) is 19.0 Å². The minimum absolute atomic E-state index is 0.0684. The molecule has 0 radical (unpaired) electrons. The van der Waals surface area contributed by atoms with Gasteiger partial charge in [-0.15, -0.1) is 11.6 Å². The number of hydrogen-bond donors (Lipinski definition) is 1. The van der Waals surface area contributed by atoms with Crippen molar-refractivity contribution in [2.24, 2.45) is 5.92 Å². The van der Waals surface area contributed by atoms with Gasteiger partial charge in [0.1, 0.15) is 5.88 Å². The van der Waals surface area contributed by atoms with E-state index < -0.39 is 0 Å². The van der Waals surface area contributed by atoms with E-state index in [0.29, 0.717) is 5.82 Å². The molecular weight excluding hydrogens is 206 g/mol. The number of amides is 1. The topological polar surface area (TPSA) is 68.0 Å². The van der Waals surface area contributed by atoms with E-state index in [4.69, 9.17) is 11.6 Å². The van der Waals surface area contributed by atoms with Gasteiger partial charge in [-0.25, -0.2) is 0 Å². The van der Waals surface area contributed by atoms with Crippen molar-refractivity contribution in [3.05, 3.63) is 12.2 Å². The number of hydrogen-bond acceptors (Lipinski definition) is 4. The summed E-state index contributed by atoms with van der Waals surface area (Å²) in [6.45, 7) is 3.91. The Kier molecular flexibility index (Phi) is 3.88. The van der Waals surface area contributed by atoms with E-state index in [2.05, 4.69) is 20.0 Å². The molecule has 0 aliphatic carbocycles. The van der Waals surface area contributed by atoms with Gasteiger partial charge >= 0.3 is 0 Å². The molecule has 0 bridgehead atoms. The van der Waals surface area contributed by atoms with Crippen LogP contribution in [-0.2, 0) is 4.79 Å². The quantitative estimate of drug-likeness (QED) is 0.768. The largest absolute Gasteiger partial charge is 0.345 e. The molecule has 1 aromatic heterocycles. The molecule has 14 heavy (non-hydrogen) atoms. The first-order valence-corrected chi connectivity index (χ1v) is 4.80. The highest BCUT2D eigenvalue weighted by atomic mass is 35.5. The molecule has 0 fully saturated rings. The van der Waals surface area contributed by atoms with E-state index in [-0.39, 0.29) is 23.7 Å². The van der Waals surface area contributed by atoms with Gasteiger partial charge in [0.25, 0.3) is 0 Å². The summed E-state index contributed by atoms with van der Waals surface area (Å²) in [5, 5.41) is 6.39. The molecule has 1 aromatic rings. The van der Waals surface area contributed by atoms with Crippen molar-refractivity contribution in [3.63, 3.8) is 0 Å². The molecule has 1 heterocycles. The third-order valence-electron chi connectivity index (χ3n) is 1.76. The summed E-state index contributed by atoms with van der Waals surface area (Å²) in [4.78, 5) is 15.0. The molecule has 0 aromatic carbocycles. The maximum atomic E-state index is 11.1. The van der Waals surface area contributed by atoms with Crippen LogP contribution in [0.4, 0.5) is 0 Å². The lowest BCUT2D eigenvalue weighted by molar-refractivity contribution is -0.119. The Hall–Kier alpha value is -1.10. The van der Waals surface area contributed by atoms with Gasteiger partial charge in [0.2, 0.25) is 12.3 Å². The Labute approximate surface area is 86.8 Å². The normalized spacial score (nSPS) is 12.9. The fourth-order valence-corrected chi connectivity index (χ4v) is 1.13. The summed E-state index contributed by atoms with van der Waals surface area (Å²) in [7, 11) is 0. The van der Waals surface area contributed by atoms with Crippen LogP contribution in [-0.4, -0.2) is 21.9 Å². The fourth-order valence-electron chi connectivity index (χ4n) is 1.06. The van der Waals surface area contributed by atoms with Gasteiger partial charge < -0.3 is 9.84 Å². The van der Waals surface area contributed by atoms with Gasteiger partial charge in [0, 0.05) is 0 Å². The average molecular weight is 218 g/mol. The van der Waals surface area contributed by atoms with Gasteiger partial charge in [-0.2, -0.15) is 4.98 Å². The van der Waals surface area contributed by atoms with Crippen LogP contribution < -0.4 is 5.32 Å². The van der Waals surface area contributed by atoms with Crippen LogP contribution in [0.2, 0.25) is 0 Å². The number of carbonyl (C=O) groups is 1. The van der Waals surface area contributed by atoms with E-state index in [9.17, 15) is 4.79 Å². The Balaban J connectivity index is 2.70. The highest BCUT2D eigenvalue weighted by Gasteiger charge is 2.21. The van der Waals surface area contributed by atoms with Crippen LogP contribution in [0.5, 0.6) is 0 Å². The number of nitrogens with zero attached hydrogens (tertiary/aromatic N) is 2. The molecule has 78 valence electrons. The molecule has 0 aliphatic rings. The minimum Gasteiger partial charge on any atom is -0.345 e. The van der Waals surface area contributed by atoms with E-state index in [1.54, 1.807) is 0 Å². The SMILES string of the molecule is CC(C)C(NC(=O)CCl)c1ncon1. The van der Waals surface area contributed by atoms with Crippen molar-refractivity contribution in [1.29, 1.82) is 0 Å². The lowest BCUT2D eigenvalue weighted by Crippen LogP contribution is -2.33. The number of alkyl halides is 1. The van der Waals surface area contributed by atoms with Crippen molar-refractivity contribution < 1.29 is 9.32 Å².